The Labute approximate surface area is 156 Å². The topological polar surface area (TPSA) is 46.6 Å². The van der Waals surface area contributed by atoms with Crippen molar-refractivity contribution in [1.29, 1.82) is 0 Å². The van der Waals surface area contributed by atoms with Crippen molar-refractivity contribution < 1.29 is 18.7 Å². The normalized spacial score (nSPS) is 17.2. The Morgan fingerprint density at radius 2 is 1.85 bits per heavy atom. The first-order valence-electron chi connectivity index (χ1n) is 8.47. The average Bonchev–Trinajstić information content (AvgIpc) is 2.67. The minimum atomic E-state index is -0.485. The number of hydrogen-bond donors (Lipinski definition) is 0. The molecule has 136 valence electrons. The first-order valence-corrected chi connectivity index (χ1v) is 8.85. The number of halogens is 2. The van der Waals surface area contributed by atoms with Crippen LogP contribution in [0.5, 0.6) is 0 Å². The number of amides is 1. The van der Waals surface area contributed by atoms with Crippen LogP contribution in [0.2, 0.25) is 5.02 Å². The van der Waals surface area contributed by atoms with Crippen LogP contribution in [0.1, 0.15) is 34.9 Å². The highest BCUT2D eigenvalue weighted by Gasteiger charge is 2.27. The number of nitrogens with zero attached hydrogens (tertiary/aromatic N) is 1. The van der Waals surface area contributed by atoms with Crippen molar-refractivity contribution in [3.63, 3.8) is 0 Å². The fraction of sp³-hybridized carbons (Fsp3) is 0.300. The zero-order chi connectivity index (χ0) is 18.5. The minimum absolute atomic E-state index is 0.103. The minimum Gasteiger partial charge on any atom is -0.370 e. The van der Waals surface area contributed by atoms with E-state index in [4.69, 9.17) is 16.3 Å². The highest BCUT2D eigenvalue weighted by atomic mass is 35.5. The molecule has 0 saturated carbocycles. The summed E-state index contributed by atoms with van der Waals surface area (Å²) in [6.07, 6.45) is -0.242. The fourth-order valence-electron chi connectivity index (χ4n) is 2.96. The van der Waals surface area contributed by atoms with E-state index in [1.54, 1.807) is 47.4 Å². The summed E-state index contributed by atoms with van der Waals surface area (Å²) in [7, 11) is 0. The monoisotopic (exact) mass is 375 g/mol. The van der Waals surface area contributed by atoms with Crippen LogP contribution < -0.4 is 0 Å². The van der Waals surface area contributed by atoms with Crippen molar-refractivity contribution in [3.8, 4) is 0 Å². The molecule has 0 bridgehead atoms. The lowest BCUT2D eigenvalue weighted by Gasteiger charge is -2.33. The van der Waals surface area contributed by atoms with Crippen molar-refractivity contribution in [2.24, 2.45) is 0 Å². The summed E-state index contributed by atoms with van der Waals surface area (Å²) >= 11 is 5.81. The molecule has 0 N–H and O–H groups in total. The number of morpholine rings is 1. The number of carbonyl (C=O) groups excluding carboxylic acids is 2. The molecule has 3 rings (SSSR count). The molecular formula is C20H19ClFNO3. The molecule has 1 amide bonds. The van der Waals surface area contributed by atoms with E-state index in [0.717, 1.165) is 0 Å². The van der Waals surface area contributed by atoms with Crippen LogP contribution in [0, 0.1) is 5.82 Å². The highest BCUT2D eigenvalue weighted by molar-refractivity contribution is 6.30. The maximum Gasteiger partial charge on any atom is 0.223 e. The van der Waals surface area contributed by atoms with Crippen molar-refractivity contribution in [3.05, 3.63) is 70.5 Å². The van der Waals surface area contributed by atoms with E-state index in [2.05, 4.69) is 0 Å². The number of carbonyl (C=O) groups is 2. The molecule has 26 heavy (non-hydrogen) atoms. The maximum atomic E-state index is 13.9. The second kappa shape index (κ2) is 8.43. The molecule has 4 nitrogen and oxygen atoms in total. The van der Waals surface area contributed by atoms with Gasteiger partial charge in [-0.1, -0.05) is 29.8 Å². The summed E-state index contributed by atoms with van der Waals surface area (Å²) < 4.78 is 19.6. The molecule has 1 aliphatic heterocycles. The number of benzene rings is 2. The molecule has 0 radical (unpaired) electrons. The first kappa shape index (κ1) is 18.5. The first-order chi connectivity index (χ1) is 12.5. The lowest BCUT2D eigenvalue weighted by molar-refractivity contribution is -0.139. The van der Waals surface area contributed by atoms with Crippen molar-refractivity contribution in [2.75, 3.05) is 19.7 Å². The van der Waals surface area contributed by atoms with E-state index in [0.29, 0.717) is 29.3 Å². The van der Waals surface area contributed by atoms with Gasteiger partial charge in [-0.25, -0.2) is 4.39 Å². The quantitative estimate of drug-likeness (QED) is 0.741. The fourth-order valence-corrected chi connectivity index (χ4v) is 3.08. The van der Waals surface area contributed by atoms with Crippen molar-refractivity contribution in [2.45, 2.75) is 18.9 Å². The van der Waals surface area contributed by atoms with Gasteiger partial charge in [0.2, 0.25) is 5.91 Å². The standard InChI is InChI=1S/C20H19ClFNO3/c21-15-7-5-14(6-8-15)18(24)9-10-20(25)23-11-12-26-19(13-23)16-3-1-2-4-17(16)22/h1-8,19H,9-13H2. The van der Waals surface area contributed by atoms with Gasteiger partial charge in [0.05, 0.1) is 13.2 Å². The molecule has 0 aromatic heterocycles. The summed E-state index contributed by atoms with van der Waals surface area (Å²) in [6.45, 7) is 1.07. The van der Waals surface area contributed by atoms with Crippen LogP contribution in [-0.2, 0) is 9.53 Å². The highest BCUT2D eigenvalue weighted by Crippen LogP contribution is 2.25. The van der Waals surface area contributed by atoms with E-state index in [9.17, 15) is 14.0 Å². The van der Waals surface area contributed by atoms with Crippen LogP contribution in [0.3, 0.4) is 0 Å². The average molecular weight is 376 g/mol. The second-order valence-corrected chi connectivity index (χ2v) is 6.59. The van der Waals surface area contributed by atoms with Gasteiger partial charge in [0.1, 0.15) is 11.9 Å². The molecule has 1 aliphatic rings. The van der Waals surface area contributed by atoms with E-state index < -0.39 is 6.10 Å². The summed E-state index contributed by atoms with van der Waals surface area (Å²) in [5.41, 5.74) is 0.982. The molecule has 1 unspecified atom stereocenters. The number of rotatable bonds is 5. The Morgan fingerprint density at radius 1 is 1.12 bits per heavy atom. The molecule has 1 heterocycles. The predicted molar refractivity (Wildman–Crippen MR) is 96.7 cm³/mol. The van der Waals surface area contributed by atoms with Gasteiger partial charge in [0, 0.05) is 35.5 Å². The number of ether oxygens (including phenoxy) is 1. The molecule has 1 saturated heterocycles. The van der Waals surface area contributed by atoms with E-state index >= 15 is 0 Å². The molecule has 1 fully saturated rings. The number of Topliss-reactive ketones (excluding diaryl/α,β-unsaturated/α-hetero) is 1. The van der Waals surface area contributed by atoms with Gasteiger partial charge in [-0.15, -0.1) is 0 Å². The Morgan fingerprint density at radius 3 is 2.58 bits per heavy atom. The SMILES string of the molecule is O=C(CCC(=O)N1CCOC(c2ccccc2F)C1)c1ccc(Cl)cc1. The summed E-state index contributed by atoms with van der Waals surface area (Å²) in [5.74, 6) is -0.574. The van der Waals surface area contributed by atoms with Crippen LogP contribution in [0.15, 0.2) is 48.5 Å². The maximum absolute atomic E-state index is 13.9. The van der Waals surface area contributed by atoms with Crippen molar-refractivity contribution in [1.82, 2.24) is 4.90 Å². The lowest BCUT2D eigenvalue weighted by Crippen LogP contribution is -2.42. The van der Waals surface area contributed by atoms with Crippen LogP contribution in [0.25, 0.3) is 0 Å². The van der Waals surface area contributed by atoms with Gasteiger partial charge in [-0.05, 0) is 30.3 Å². The van der Waals surface area contributed by atoms with Crippen molar-refractivity contribution >= 4 is 23.3 Å². The summed E-state index contributed by atoms with van der Waals surface area (Å²) in [5, 5.41) is 0.560. The van der Waals surface area contributed by atoms with Gasteiger partial charge in [-0.3, -0.25) is 9.59 Å². The van der Waals surface area contributed by atoms with E-state index in [1.165, 1.54) is 6.07 Å². The van der Waals surface area contributed by atoms with Gasteiger partial charge >= 0.3 is 0 Å². The molecule has 1 atom stereocenters. The third kappa shape index (κ3) is 4.48. The zero-order valence-corrected chi connectivity index (χ0v) is 14.9. The largest absolute Gasteiger partial charge is 0.370 e. The summed E-state index contributed by atoms with van der Waals surface area (Å²) in [6, 6.07) is 13.0. The second-order valence-electron chi connectivity index (χ2n) is 6.15. The molecule has 0 aliphatic carbocycles. The smallest absolute Gasteiger partial charge is 0.223 e. The molecule has 6 heteroatoms. The molecule has 2 aromatic rings. The summed E-state index contributed by atoms with van der Waals surface area (Å²) in [4.78, 5) is 26.3. The number of hydrogen-bond acceptors (Lipinski definition) is 3. The Hall–Kier alpha value is -2.24. The van der Waals surface area contributed by atoms with Gasteiger partial charge in [-0.2, -0.15) is 0 Å². The van der Waals surface area contributed by atoms with Crippen LogP contribution in [-0.4, -0.2) is 36.3 Å². The van der Waals surface area contributed by atoms with Gasteiger partial charge in [0.15, 0.2) is 5.78 Å². The van der Waals surface area contributed by atoms with E-state index in [-0.39, 0.29) is 36.9 Å². The third-order valence-corrected chi connectivity index (χ3v) is 4.66. The molecule has 0 spiro atoms. The third-order valence-electron chi connectivity index (χ3n) is 4.40. The lowest BCUT2D eigenvalue weighted by atomic mass is 10.0. The predicted octanol–water partition coefficient (Wildman–Crippen LogP) is 4.04. The number of ketones is 1. The van der Waals surface area contributed by atoms with Gasteiger partial charge in [0.25, 0.3) is 0 Å². The van der Waals surface area contributed by atoms with Gasteiger partial charge < -0.3 is 9.64 Å². The molecular weight excluding hydrogens is 357 g/mol. The zero-order valence-electron chi connectivity index (χ0n) is 14.2. The van der Waals surface area contributed by atoms with Crippen LogP contribution >= 0.6 is 11.6 Å². The molecule has 2 aromatic carbocycles. The van der Waals surface area contributed by atoms with E-state index in [1.807, 2.05) is 0 Å². The Bertz CT molecular complexity index is 794. The Balaban J connectivity index is 1.57. The van der Waals surface area contributed by atoms with Crippen LogP contribution in [0.4, 0.5) is 4.39 Å². The Kier molecular flexibility index (Phi) is 6.01.